The van der Waals surface area contributed by atoms with Crippen molar-refractivity contribution in [3.8, 4) is 63.2 Å². The van der Waals surface area contributed by atoms with Crippen LogP contribution in [0.25, 0.3) is 0 Å². The summed E-state index contributed by atoms with van der Waals surface area (Å²) >= 11 is 0. The first kappa shape index (κ1) is 27.6. The molecule has 13 nitrogen and oxygen atoms in total. The fraction of sp³-hybridized carbons (Fsp3) is 0.103. The Labute approximate surface area is 235 Å². The van der Waals surface area contributed by atoms with Gasteiger partial charge in [0.15, 0.2) is 34.5 Å². The molecule has 5 rings (SSSR count). The molecule has 13 heteroatoms. The molecular weight excluding hydrogens is 556 g/mol. The Morgan fingerprint density at radius 1 is 0.643 bits per heavy atom. The topological polar surface area (TPSA) is 235 Å². The van der Waals surface area contributed by atoms with Crippen LogP contribution >= 0.6 is 0 Å². The molecule has 0 aliphatic carbocycles. The molecule has 0 saturated carbocycles. The van der Waals surface area contributed by atoms with E-state index in [1.54, 1.807) is 0 Å². The van der Waals surface area contributed by atoms with Gasteiger partial charge in [0.05, 0.1) is 5.56 Å². The quantitative estimate of drug-likeness (QED) is 0.0714. The zero-order valence-electron chi connectivity index (χ0n) is 21.3. The highest BCUT2D eigenvalue weighted by Crippen LogP contribution is 2.45. The van der Waals surface area contributed by atoms with Gasteiger partial charge < -0.3 is 55.4 Å². The summed E-state index contributed by atoms with van der Waals surface area (Å²) in [4.78, 5) is 25.5. The first-order valence-corrected chi connectivity index (χ1v) is 12.2. The van der Waals surface area contributed by atoms with Gasteiger partial charge in [-0.15, -0.1) is 0 Å². The molecule has 0 saturated heterocycles. The molecule has 1 unspecified atom stereocenters. The Morgan fingerprint density at radius 3 is 1.71 bits per heavy atom. The molecule has 0 fully saturated rings. The second-order valence-electron chi connectivity index (χ2n) is 9.44. The minimum Gasteiger partial charge on any atom is -0.507 e. The number of phenolic OH excluding ortho intramolecular Hbond substituents is 9. The van der Waals surface area contributed by atoms with E-state index in [1.807, 2.05) is 0 Å². The Morgan fingerprint density at radius 2 is 1.17 bits per heavy atom. The zero-order valence-corrected chi connectivity index (χ0v) is 21.3. The molecule has 0 aromatic heterocycles. The van der Waals surface area contributed by atoms with E-state index in [2.05, 4.69) is 0 Å². The van der Waals surface area contributed by atoms with E-state index < -0.39 is 69.4 Å². The van der Waals surface area contributed by atoms with E-state index in [-0.39, 0.29) is 46.8 Å². The first-order chi connectivity index (χ1) is 19.8. The number of rotatable bonds is 5. The summed E-state index contributed by atoms with van der Waals surface area (Å²) in [7, 11) is 0. The lowest BCUT2D eigenvalue weighted by Gasteiger charge is -2.27. The van der Waals surface area contributed by atoms with Crippen molar-refractivity contribution in [1.82, 2.24) is 0 Å². The summed E-state index contributed by atoms with van der Waals surface area (Å²) in [5.41, 5.74) is -0.507. The molecule has 9 N–H and O–H groups in total. The number of hydrogen-bond acceptors (Lipinski definition) is 13. The number of aromatic hydroxyl groups is 9. The Bertz CT molecular complexity index is 1710. The minimum absolute atomic E-state index is 0.111. The van der Waals surface area contributed by atoms with Crippen LogP contribution in [0.3, 0.4) is 0 Å². The molecule has 0 amide bonds. The smallest absolute Gasteiger partial charge is 0.343 e. The van der Waals surface area contributed by atoms with Crippen LogP contribution in [0.15, 0.2) is 48.5 Å². The van der Waals surface area contributed by atoms with E-state index >= 15 is 0 Å². The summed E-state index contributed by atoms with van der Waals surface area (Å²) in [5.74, 6) is -8.27. The average molecular weight is 578 g/mol. The molecule has 0 radical (unpaired) electrons. The second kappa shape index (κ2) is 10.2. The van der Waals surface area contributed by atoms with Crippen LogP contribution in [0.4, 0.5) is 0 Å². The van der Waals surface area contributed by atoms with E-state index in [4.69, 9.17) is 9.47 Å². The van der Waals surface area contributed by atoms with Gasteiger partial charge in [0.1, 0.15) is 40.4 Å². The maximum Gasteiger partial charge on any atom is 0.343 e. The average Bonchev–Trinajstić information content (AvgIpc) is 2.93. The highest BCUT2D eigenvalue weighted by atomic mass is 16.5. The predicted octanol–water partition coefficient (Wildman–Crippen LogP) is 3.55. The fourth-order valence-electron chi connectivity index (χ4n) is 4.56. The number of esters is 1. The third kappa shape index (κ3) is 4.90. The standard InChI is InChI=1S/C29H22O13/c30-16-9-14(41-29(40)13-7-21(35)28(39)22(36)8-13)10-24-15(16)1-2-23(42-24)11-3-17(31)25(18(32)4-11)26(37)12-5-19(33)27(38)20(34)6-12/h3-10,23,30-36,38-39H,1-2H2. The second-order valence-corrected chi connectivity index (χ2v) is 9.44. The highest BCUT2D eigenvalue weighted by molar-refractivity contribution is 6.13. The van der Waals surface area contributed by atoms with Crippen molar-refractivity contribution in [2.75, 3.05) is 0 Å². The third-order valence-electron chi connectivity index (χ3n) is 6.65. The fourth-order valence-corrected chi connectivity index (χ4v) is 4.56. The molecule has 1 aliphatic rings. The number of carbonyl (C=O) groups is 2. The van der Waals surface area contributed by atoms with Gasteiger partial charge in [0.2, 0.25) is 5.78 Å². The first-order valence-electron chi connectivity index (χ1n) is 12.2. The van der Waals surface area contributed by atoms with Gasteiger partial charge in [-0.1, -0.05) is 0 Å². The van der Waals surface area contributed by atoms with Gasteiger partial charge in [-0.25, -0.2) is 4.79 Å². The molecule has 0 spiro atoms. The van der Waals surface area contributed by atoms with Gasteiger partial charge >= 0.3 is 5.97 Å². The lowest BCUT2D eigenvalue weighted by Crippen LogP contribution is -2.16. The van der Waals surface area contributed by atoms with E-state index in [9.17, 15) is 55.5 Å². The molecule has 4 aromatic rings. The Balaban J connectivity index is 1.39. The van der Waals surface area contributed by atoms with E-state index in [0.717, 1.165) is 30.3 Å². The Hall–Kier alpha value is -5.98. The number of benzene rings is 4. The number of phenols is 9. The summed E-state index contributed by atoms with van der Waals surface area (Å²) in [5, 5.41) is 89.4. The number of fused-ring (bicyclic) bond motifs is 1. The van der Waals surface area contributed by atoms with Crippen molar-refractivity contribution in [2.24, 2.45) is 0 Å². The summed E-state index contributed by atoms with van der Waals surface area (Å²) in [6.07, 6.45) is -0.248. The monoisotopic (exact) mass is 578 g/mol. The van der Waals surface area contributed by atoms with Crippen molar-refractivity contribution in [1.29, 1.82) is 0 Å². The molecule has 42 heavy (non-hydrogen) atoms. The van der Waals surface area contributed by atoms with Gasteiger partial charge in [0.25, 0.3) is 0 Å². The van der Waals surface area contributed by atoms with Gasteiger partial charge in [-0.3, -0.25) is 4.79 Å². The number of hydrogen-bond donors (Lipinski definition) is 9. The van der Waals surface area contributed by atoms with Crippen molar-refractivity contribution in [2.45, 2.75) is 18.9 Å². The molecular formula is C29H22O13. The van der Waals surface area contributed by atoms with E-state index in [0.29, 0.717) is 5.56 Å². The molecule has 216 valence electrons. The molecule has 1 heterocycles. The lowest BCUT2D eigenvalue weighted by molar-refractivity contribution is 0.0732. The van der Waals surface area contributed by atoms with Gasteiger partial charge in [0, 0.05) is 23.3 Å². The predicted molar refractivity (Wildman–Crippen MR) is 141 cm³/mol. The van der Waals surface area contributed by atoms with E-state index in [1.165, 1.54) is 18.2 Å². The minimum atomic E-state index is -1.03. The van der Waals surface area contributed by atoms with Crippen LogP contribution in [-0.2, 0) is 6.42 Å². The number of carbonyl (C=O) groups excluding carboxylic acids is 2. The molecule has 1 atom stereocenters. The van der Waals surface area contributed by atoms with Gasteiger partial charge in [-0.2, -0.15) is 0 Å². The van der Waals surface area contributed by atoms with Crippen molar-refractivity contribution in [3.63, 3.8) is 0 Å². The largest absolute Gasteiger partial charge is 0.507 e. The van der Waals surface area contributed by atoms with Crippen LogP contribution in [0.5, 0.6) is 63.2 Å². The summed E-state index contributed by atoms with van der Waals surface area (Å²) < 4.78 is 11.2. The molecule has 1 aliphatic heterocycles. The van der Waals surface area contributed by atoms with Crippen LogP contribution in [0.2, 0.25) is 0 Å². The van der Waals surface area contributed by atoms with Crippen molar-refractivity contribution < 1.29 is 65.0 Å². The summed E-state index contributed by atoms with van der Waals surface area (Å²) in [6, 6.07) is 8.29. The Kier molecular flexibility index (Phi) is 6.70. The lowest BCUT2D eigenvalue weighted by atomic mass is 9.93. The van der Waals surface area contributed by atoms with Crippen LogP contribution in [-0.4, -0.2) is 57.7 Å². The van der Waals surface area contributed by atoms with Crippen LogP contribution in [0, 0.1) is 0 Å². The van der Waals surface area contributed by atoms with Gasteiger partial charge in [-0.05, 0) is 54.8 Å². The summed E-state index contributed by atoms with van der Waals surface area (Å²) in [6.45, 7) is 0. The van der Waals surface area contributed by atoms with Crippen molar-refractivity contribution >= 4 is 11.8 Å². The van der Waals surface area contributed by atoms with Crippen molar-refractivity contribution in [3.05, 3.63) is 76.3 Å². The molecule has 0 bridgehead atoms. The maximum absolute atomic E-state index is 12.9. The highest BCUT2D eigenvalue weighted by Gasteiger charge is 2.29. The SMILES string of the molecule is O=C(Oc1cc(O)c2c(c1)OC(c1cc(O)c(C(=O)c3cc(O)c(O)c(O)c3)c(O)c1)CC2)c1cc(O)c(O)c(O)c1. The normalized spacial score (nSPS) is 14.0. The zero-order chi connectivity index (χ0) is 30.5. The maximum atomic E-state index is 12.9. The molecule has 4 aromatic carbocycles. The number of ketones is 1. The van der Waals surface area contributed by atoms with Crippen LogP contribution in [0.1, 0.15) is 49.9 Å². The van der Waals surface area contributed by atoms with Crippen LogP contribution < -0.4 is 9.47 Å². The third-order valence-corrected chi connectivity index (χ3v) is 6.65. The number of ether oxygens (including phenoxy) is 2.